The van der Waals surface area contributed by atoms with Crippen LogP contribution in [0, 0.1) is 5.92 Å². The molecule has 0 unspecified atom stereocenters. The van der Waals surface area contributed by atoms with Crippen LogP contribution in [0.3, 0.4) is 0 Å². The molecule has 3 N–H and O–H groups in total. The van der Waals surface area contributed by atoms with Gasteiger partial charge in [-0.25, -0.2) is 8.42 Å². The molecule has 1 heterocycles. The van der Waals surface area contributed by atoms with E-state index in [1.807, 2.05) is 13.8 Å². The molecule has 1 aliphatic heterocycles. The van der Waals surface area contributed by atoms with Crippen LogP contribution >= 0.6 is 0 Å². The molecule has 1 aromatic carbocycles. The van der Waals surface area contributed by atoms with Crippen LogP contribution < -0.4 is 10.5 Å². The van der Waals surface area contributed by atoms with Gasteiger partial charge in [0, 0.05) is 18.8 Å². The second kappa shape index (κ2) is 7.96. The van der Waals surface area contributed by atoms with Crippen molar-refractivity contribution >= 4 is 21.6 Å². The molecule has 7 nitrogen and oxygen atoms in total. The van der Waals surface area contributed by atoms with E-state index in [4.69, 9.17) is 10.5 Å². The van der Waals surface area contributed by atoms with Gasteiger partial charge in [-0.05, 0) is 30.5 Å². The van der Waals surface area contributed by atoms with Gasteiger partial charge in [0.25, 0.3) is 0 Å². The van der Waals surface area contributed by atoms with Gasteiger partial charge in [0.1, 0.15) is 6.04 Å². The van der Waals surface area contributed by atoms with E-state index in [1.54, 1.807) is 17.0 Å². The second-order valence-corrected chi connectivity index (χ2v) is 8.03. The highest BCUT2D eigenvalue weighted by molar-refractivity contribution is 7.89. The SMILES string of the molecule is CC(C)C[C@H](NS(=O)(=O)c1cccc(N)c1)C(=O)N1CCOCC1. The Hall–Kier alpha value is -1.64. The maximum atomic E-state index is 12.7. The van der Waals surface area contributed by atoms with Crippen LogP contribution in [0.15, 0.2) is 29.2 Å². The molecule has 0 saturated carbocycles. The van der Waals surface area contributed by atoms with Crippen molar-refractivity contribution in [2.45, 2.75) is 31.2 Å². The average Bonchev–Trinajstić information content (AvgIpc) is 2.54. The lowest BCUT2D eigenvalue weighted by Crippen LogP contribution is -2.52. The quantitative estimate of drug-likeness (QED) is 0.736. The number of hydrogen-bond acceptors (Lipinski definition) is 5. The molecule has 0 aliphatic carbocycles. The molecule has 0 radical (unpaired) electrons. The van der Waals surface area contributed by atoms with Crippen molar-refractivity contribution in [3.63, 3.8) is 0 Å². The number of morpholine rings is 1. The van der Waals surface area contributed by atoms with Crippen LogP contribution in [-0.4, -0.2) is 51.6 Å². The van der Waals surface area contributed by atoms with Gasteiger partial charge < -0.3 is 15.4 Å². The van der Waals surface area contributed by atoms with Crippen molar-refractivity contribution in [2.24, 2.45) is 5.92 Å². The van der Waals surface area contributed by atoms with E-state index >= 15 is 0 Å². The highest BCUT2D eigenvalue weighted by Crippen LogP contribution is 2.16. The number of ether oxygens (including phenoxy) is 1. The van der Waals surface area contributed by atoms with Gasteiger partial charge in [-0.3, -0.25) is 4.79 Å². The molecule has 0 aromatic heterocycles. The van der Waals surface area contributed by atoms with E-state index in [0.717, 1.165) is 0 Å². The van der Waals surface area contributed by atoms with Crippen LogP contribution in [0.4, 0.5) is 5.69 Å². The van der Waals surface area contributed by atoms with E-state index in [0.29, 0.717) is 38.4 Å². The number of benzene rings is 1. The first-order valence-electron chi connectivity index (χ1n) is 8.04. The summed E-state index contributed by atoms with van der Waals surface area (Å²) in [6, 6.07) is 5.24. The molecule has 1 amide bonds. The molecule has 2 rings (SSSR count). The number of nitrogens with one attached hydrogen (secondary N) is 1. The molecule has 1 atom stereocenters. The minimum Gasteiger partial charge on any atom is -0.399 e. The standard InChI is InChI=1S/C16H25N3O4S/c1-12(2)10-15(16(20)19-6-8-23-9-7-19)18-24(21,22)14-5-3-4-13(17)11-14/h3-5,11-12,15,18H,6-10,17H2,1-2H3/t15-/m0/s1. The summed E-state index contributed by atoms with van der Waals surface area (Å²) in [5, 5.41) is 0. The maximum absolute atomic E-state index is 12.7. The molecular weight excluding hydrogens is 330 g/mol. The molecule has 1 aromatic rings. The van der Waals surface area contributed by atoms with Crippen molar-refractivity contribution in [3.8, 4) is 0 Å². The fraction of sp³-hybridized carbons (Fsp3) is 0.562. The lowest BCUT2D eigenvalue weighted by molar-refractivity contribution is -0.137. The Balaban J connectivity index is 2.19. The fourth-order valence-electron chi connectivity index (χ4n) is 2.61. The van der Waals surface area contributed by atoms with E-state index in [-0.39, 0.29) is 16.7 Å². The number of carbonyl (C=O) groups excluding carboxylic acids is 1. The molecule has 1 saturated heterocycles. The summed E-state index contributed by atoms with van der Waals surface area (Å²) in [7, 11) is -3.82. The van der Waals surface area contributed by atoms with E-state index < -0.39 is 16.1 Å². The van der Waals surface area contributed by atoms with Gasteiger partial charge in [-0.15, -0.1) is 0 Å². The Bertz CT molecular complexity index is 670. The van der Waals surface area contributed by atoms with Gasteiger partial charge in [0.15, 0.2) is 0 Å². The molecule has 0 spiro atoms. The first-order valence-corrected chi connectivity index (χ1v) is 9.52. The van der Waals surface area contributed by atoms with E-state index in [1.165, 1.54) is 12.1 Å². The number of nitrogens with two attached hydrogens (primary N) is 1. The Labute approximate surface area is 143 Å². The third-order valence-electron chi connectivity index (χ3n) is 3.79. The summed E-state index contributed by atoms with van der Waals surface area (Å²) in [4.78, 5) is 14.4. The Morgan fingerprint density at radius 1 is 1.33 bits per heavy atom. The molecular formula is C16H25N3O4S. The van der Waals surface area contributed by atoms with Gasteiger partial charge in [-0.2, -0.15) is 4.72 Å². The fourth-order valence-corrected chi connectivity index (χ4v) is 3.87. The number of carbonyl (C=O) groups is 1. The predicted octanol–water partition coefficient (Wildman–Crippen LogP) is 0.821. The van der Waals surface area contributed by atoms with Crippen molar-refractivity contribution < 1.29 is 17.9 Å². The zero-order valence-electron chi connectivity index (χ0n) is 14.1. The van der Waals surface area contributed by atoms with Crippen molar-refractivity contribution in [1.29, 1.82) is 0 Å². The molecule has 8 heteroatoms. The van der Waals surface area contributed by atoms with Crippen molar-refractivity contribution in [2.75, 3.05) is 32.0 Å². The second-order valence-electron chi connectivity index (χ2n) is 6.31. The number of nitrogens with zero attached hydrogens (tertiary/aromatic N) is 1. The summed E-state index contributed by atoms with van der Waals surface area (Å²) in [5.41, 5.74) is 6.02. The third kappa shape index (κ3) is 4.93. The van der Waals surface area contributed by atoms with Gasteiger partial charge >= 0.3 is 0 Å². The molecule has 24 heavy (non-hydrogen) atoms. The Kier molecular flexibility index (Phi) is 6.20. The number of amides is 1. The topological polar surface area (TPSA) is 102 Å². The monoisotopic (exact) mass is 355 g/mol. The van der Waals surface area contributed by atoms with Crippen molar-refractivity contribution in [3.05, 3.63) is 24.3 Å². The smallest absolute Gasteiger partial charge is 0.241 e. The normalized spacial score (nSPS) is 17.0. The predicted molar refractivity (Wildman–Crippen MR) is 91.8 cm³/mol. The Morgan fingerprint density at radius 3 is 2.58 bits per heavy atom. The van der Waals surface area contributed by atoms with Gasteiger partial charge in [0.05, 0.1) is 18.1 Å². The summed E-state index contributed by atoms with van der Waals surface area (Å²) in [6.45, 7) is 5.81. The average molecular weight is 355 g/mol. The summed E-state index contributed by atoms with van der Waals surface area (Å²) in [5.74, 6) is -0.0389. The minimum atomic E-state index is -3.82. The number of anilines is 1. The number of sulfonamides is 1. The van der Waals surface area contributed by atoms with Crippen molar-refractivity contribution in [1.82, 2.24) is 9.62 Å². The number of hydrogen-bond donors (Lipinski definition) is 2. The minimum absolute atomic E-state index is 0.0611. The summed E-state index contributed by atoms with van der Waals surface area (Å²) in [6.07, 6.45) is 0.428. The first kappa shape index (κ1) is 18.7. The van der Waals surface area contributed by atoms with Gasteiger partial charge in [-0.1, -0.05) is 19.9 Å². The third-order valence-corrected chi connectivity index (χ3v) is 5.26. The zero-order chi connectivity index (χ0) is 17.7. The van der Waals surface area contributed by atoms with Crippen LogP contribution in [0.5, 0.6) is 0 Å². The summed E-state index contributed by atoms with van der Waals surface area (Å²) >= 11 is 0. The molecule has 0 bridgehead atoms. The molecule has 1 aliphatic rings. The first-order chi connectivity index (χ1) is 11.3. The van der Waals surface area contributed by atoms with Gasteiger partial charge in [0.2, 0.25) is 15.9 Å². The highest BCUT2D eigenvalue weighted by atomic mass is 32.2. The number of nitrogen functional groups attached to an aromatic ring is 1. The van der Waals surface area contributed by atoms with Crippen LogP contribution in [0.2, 0.25) is 0 Å². The Morgan fingerprint density at radius 2 is 2.00 bits per heavy atom. The van der Waals surface area contributed by atoms with E-state index in [9.17, 15) is 13.2 Å². The van der Waals surface area contributed by atoms with Crippen LogP contribution in [0.25, 0.3) is 0 Å². The molecule has 1 fully saturated rings. The van der Waals surface area contributed by atoms with Crippen LogP contribution in [-0.2, 0) is 19.6 Å². The lowest BCUT2D eigenvalue weighted by atomic mass is 10.0. The number of rotatable bonds is 6. The highest BCUT2D eigenvalue weighted by Gasteiger charge is 2.30. The van der Waals surface area contributed by atoms with E-state index in [2.05, 4.69) is 4.72 Å². The maximum Gasteiger partial charge on any atom is 0.241 e. The zero-order valence-corrected chi connectivity index (χ0v) is 14.9. The largest absolute Gasteiger partial charge is 0.399 e. The summed E-state index contributed by atoms with van der Waals surface area (Å²) < 4.78 is 33.0. The lowest BCUT2D eigenvalue weighted by Gasteiger charge is -2.31. The molecule has 134 valence electrons. The van der Waals surface area contributed by atoms with Crippen LogP contribution in [0.1, 0.15) is 20.3 Å².